The molecule has 7 nitrogen and oxygen atoms in total. The lowest BCUT2D eigenvalue weighted by Gasteiger charge is -2.31. The number of pyridine rings is 1. The average Bonchev–Trinajstić information content (AvgIpc) is 3.25. The fourth-order valence-corrected chi connectivity index (χ4v) is 3.18. The maximum atomic E-state index is 13.2. The Morgan fingerprint density at radius 3 is 2.93 bits per heavy atom. The standard InChI is InChI=1S/C21H20F2N4O3/c22-16-5-4-15(12-17(16)23)29-9-6-14-11-19(26-25-14)20-13-27(8-10-30-20)21(28)18-3-1-2-7-24-18/h1-5,7,11-12,20H,6,8-10,13H2,(H,25,26)/t20-/m1/s1. The Kier molecular flexibility index (Phi) is 5.99. The van der Waals surface area contributed by atoms with Gasteiger partial charge in [0.15, 0.2) is 11.6 Å². The summed E-state index contributed by atoms with van der Waals surface area (Å²) >= 11 is 0. The number of benzene rings is 1. The summed E-state index contributed by atoms with van der Waals surface area (Å²) in [6.45, 7) is 1.55. The first-order valence-corrected chi connectivity index (χ1v) is 9.54. The summed E-state index contributed by atoms with van der Waals surface area (Å²) in [4.78, 5) is 18.4. The van der Waals surface area contributed by atoms with Gasteiger partial charge in [0.25, 0.3) is 5.91 Å². The van der Waals surface area contributed by atoms with E-state index in [4.69, 9.17) is 9.47 Å². The van der Waals surface area contributed by atoms with Gasteiger partial charge in [-0.15, -0.1) is 0 Å². The van der Waals surface area contributed by atoms with Gasteiger partial charge in [-0.2, -0.15) is 5.10 Å². The molecule has 4 rings (SSSR count). The van der Waals surface area contributed by atoms with Gasteiger partial charge in [0.2, 0.25) is 0 Å². The molecule has 0 radical (unpaired) electrons. The molecule has 1 fully saturated rings. The third-order valence-electron chi connectivity index (χ3n) is 4.75. The number of aromatic nitrogens is 3. The van der Waals surface area contributed by atoms with Gasteiger partial charge in [0.1, 0.15) is 17.5 Å². The van der Waals surface area contributed by atoms with Crippen molar-refractivity contribution in [2.75, 3.05) is 26.3 Å². The molecule has 1 aromatic carbocycles. The minimum absolute atomic E-state index is 0.139. The van der Waals surface area contributed by atoms with Gasteiger partial charge in [0.05, 0.1) is 25.5 Å². The Bertz CT molecular complexity index is 1010. The summed E-state index contributed by atoms with van der Waals surface area (Å²) in [6, 6.07) is 10.5. The Labute approximate surface area is 171 Å². The summed E-state index contributed by atoms with van der Waals surface area (Å²) in [7, 11) is 0. The molecule has 1 aliphatic heterocycles. The number of carbonyl (C=O) groups is 1. The largest absolute Gasteiger partial charge is 0.493 e. The molecule has 156 valence electrons. The number of carbonyl (C=O) groups excluding carboxylic acids is 1. The monoisotopic (exact) mass is 414 g/mol. The fraction of sp³-hybridized carbons (Fsp3) is 0.286. The van der Waals surface area contributed by atoms with Crippen LogP contribution in [0.3, 0.4) is 0 Å². The molecule has 1 atom stereocenters. The number of aromatic amines is 1. The van der Waals surface area contributed by atoms with Crippen molar-refractivity contribution in [3.63, 3.8) is 0 Å². The first-order chi connectivity index (χ1) is 14.6. The number of nitrogens with zero attached hydrogens (tertiary/aromatic N) is 3. The summed E-state index contributed by atoms with van der Waals surface area (Å²) in [6.07, 6.45) is 1.74. The first-order valence-electron chi connectivity index (χ1n) is 9.54. The normalized spacial score (nSPS) is 16.5. The Morgan fingerprint density at radius 1 is 1.23 bits per heavy atom. The van der Waals surface area contributed by atoms with Crippen LogP contribution in [0.25, 0.3) is 0 Å². The van der Waals surface area contributed by atoms with Crippen molar-refractivity contribution in [3.8, 4) is 5.75 Å². The van der Waals surface area contributed by atoms with Gasteiger partial charge in [-0.05, 0) is 30.3 Å². The molecule has 1 N–H and O–H groups in total. The van der Waals surface area contributed by atoms with Crippen LogP contribution in [0.5, 0.6) is 5.75 Å². The quantitative estimate of drug-likeness (QED) is 0.671. The summed E-state index contributed by atoms with van der Waals surface area (Å²) in [5.41, 5.74) is 1.90. The van der Waals surface area contributed by atoms with Crippen molar-refractivity contribution >= 4 is 5.91 Å². The molecular weight excluding hydrogens is 394 g/mol. The molecule has 9 heteroatoms. The van der Waals surface area contributed by atoms with Gasteiger partial charge >= 0.3 is 0 Å². The van der Waals surface area contributed by atoms with Crippen LogP contribution in [0.4, 0.5) is 8.78 Å². The second kappa shape index (κ2) is 9.00. The molecule has 0 spiro atoms. The highest BCUT2D eigenvalue weighted by molar-refractivity contribution is 5.92. The van der Waals surface area contributed by atoms with Gasteiger partial charge in [-0.3, -0.25) is 14.9 Å². The van der Waals surface area contributed by atoms with E-state index in [2.05, 4.69) is 15.2 Å². The van der Waals surface area contributed by atoms with E-state index in [-0.39, 0.29) is 24.4 Å². The molecular formula is C21H20F2N4O3. The summed E-state index contributed by atoms with van der Waals surface area (Å²) in [5, 5.41) is 7.21. The third-order valence-corrected chi connectivity index (χ3v) is 4.75. The van der Waals surface area contributed by atoms with Crippen LogP contribution < -0.4 is 4.74 Å². The number of hydrogen-bond acceptors (Lipinski definition) is 5. The molecule has 3 aromatic rings. The second-order valence-electron chi connectivity index (χ2n) is 6.82. The molecule has 30 heavy (non-hydrogen) atoms. The molecule has 1 amide bonds. The fourth-order valence-electron chi connectivity index (χ4n) is 3.18. The van der Waals surface area contributed by atoms with Crippen LogP contribution in [-0.2, 0) is 11.2 Å². The van der Waals surface area contributed by atoms with Crippen molar-refractivity contribution in [3.05, 3.63) is 77.4 Å². The first kappa shape index (κ1) is 20.0. The van der Waals surface area contributed by atoms with Gasteiger partial charge in [-0.1, -0.05) is 6.07 Å². The van der Waals surface area contributed by atoms with Gasteiger partial charge in [0, 0.05) is 30.9 Å². The summed E-state index contributed by atoms with van der Waals surface area (Å²) < 4.78 is 37.4. The van der Waals surface area contributed by atoms with E-state index >= 15 is 0 Å². The highest BCUT2D eigenvalue weighted by Gasteiger charge is 2.28. The zero-order chi connectivity index (χ0) is 20.9. The third kappa shape index (κ3) is 4.62. The van der Waals surface area contributed by atoms with Crippen LogP contribution in [0.15, 0.2) is 48.7 Å². The molecule has 0 aliphatic carbocycles. The number of halogens is 2. The molecule has 3 heterocycles. The van der Waals surface area contributed by atoms with Crippen molar-refractivity contribution < 1.29 is 23.0 Å². The predicted octanol–water partition coefficient (Wildman–Crippen LogP) is 2.92. The number of nitrogens with one attached hydrogen (secondary N) is 1. The van der Waals surface area contributed by atoms with E-state index in [1.807, 2.05) is 6.07 Å². The van der Waals surface area contributed by atoms with Crippen LogP contribution in [0.1, 0.15) is 28.0 Å². The maximum absolute atomic E-state index is 13.2. The molecule has 0 saturated carbocycles. The number of H-pyrrole nitrogens is 1. The van der Waals surface area contributed by atoms with E-state index in [1.165, 1.54) is 6.07 Å². The van der Waals surface area contributed by atoms with Crippen molar-refractivity contribution in [2.24, 2.45) is 0 Å². The molecule has 2 aromatic heterocycles. The minimum Gasteiger partial charge on any atom is -0.493 e. The molecule has 0 bridgehead atoms. The Morgan fingerprint density at radius 2 is 2.13 bits per heavy atom. The van der Waals surface area contributed by atoms with E-state index in [9.17, 15) is 13.6 Å². The van der Waals surface area contributed by atoms with Crippen LogP contribution in [-0.4, -0.2) is 52.3 Å². The smallest absolute Gasteiger partial charge is 0.272 e. The topological polar surface area (TPSA) is 80.3 Å². The van der Waals surface area contributed by atoms with Crippen molar-refractivity contribution in [1.29, 1.82) is 0 Å². The lowest BCUT2D eigenvalue weighted by Crippen LogP contribution is -2.42. The van der Waals surface area contributed by atoms with E-state index < -0.39 is 11.6 Å². The van der Waals surface area contributed by atoms with Crippen molar-refractivity contribution in [1.82, 2.24) is 20.1 Å². The molecule has 0 unspecified atom stereocenters. The Hall–Kier alpha value is -3.33. The number of amides is 1. The molecule has 1 aliphatic rings. The molecule has 1 saturated heterocycles. The van der Waals surface area contributed by atoms with E-state index in [1.54, 1.807) is 29.3 Å². The maximum Gasteiger partial charge on any atom is 0.272 e. The lowest BCUT2D eigenvalue weighted by molar-refractivity contribution is -0.0249. The van der Waals surface area contributed by atoms with E-state index in [0.717, 1.165) is 17.8 Å². The predicted molar refractivity (Wildman–Crippen MR) is 103 cm³/mol. The SMILES string of the molecule is O=C(c1ccccn1)N1CCO[C@@H](c2cc(CCOc3ccc(F)c(F)c3)[nH]n2)C1. The van der Waals surface area contributed by atoms with Crippen LogP contribution >= 0.6 is 0 Å². The highest BCUT2D eigenvalue weighted by Crippen LogP contribution is 2.22. The second-order valence-corrected chi connectivity index (χ2v) is 6.82. The number of hydrogen-bond donors (Lipinski definition) is 1. The Balaban J connectivity index is 1.32. The number of morpholine rings is 1. The lowest BCUT2D eigenvalue weighted by atomic mass is 10.1. The highest BCUT2D eigenvalue weighted by atomic mass is 19.2. The number of rotatable bonds is 6. The zero-order valence-corrected chi connectivity index (χ0v) is 16.1. The summed E-state index contributed by atoms with van der Waals surface area (Å²) in [5.74, 6) is -1.74. The van der Waals surface area contributed by atoms with Crippen LogP contribution in [0.2, 0.25) is 0 Å². The van der Waals surface area contributed by atoms with Crippen LogP contribution in [0, 0.1) is 11.6 Å². The minimum atomic E-state index is -0.949. The average molecular weight is 414 g/mol. The van der Waals surface area contributed by atoms with E-state index in [0.29, 0.717) is 37.5 Å². The van der Waals surface area contributed by atoms with Gasteiger partial charge < -0.3 is 14.4 Å². The zero-order valence-electron chi connectivity index (χ0n) is 16.1. The van der Waals surface area contributed by atoms with Crippen molar-refractivity contribution in [2.45, 2.75) is 12.5 Å². The number of ether oxygens (including phenoxy) is 2. The van der Waals surface area contributed by atoms with Gasteiger partial charge in [-0.25, -0.2) is 8.78 Å².